The summed E-state index contributed by atoms with van der Waals surface area (Å²) in [5.74, 6) is 0. The van der Waals surface area contributed by atoms with Crippen molar-refractivity contribution in [3.8, 4) is 0 Å². The Hall–Kier alpha value is 1.76. The maximum absolute atomic E-state index is 9.54. The Bertz CT molecular complexity index is 1700. The molecule has 0 aliphatic heterocycles. The summed E-state index contributed by atoms with van der Waals surface area (Å²) in [5, 5.41) is 0. The second kappa shape index (κ2) is 54.4. The van der Waals surface area contributed by atoms with Crippen molar-refractivity contribution in [1.82, 2.24) is 0 Å². The maximum Gasteiger partial charge on any atom is 3.00 e. The van der Waals surface area contributed by atoms with E-state index in [9.17, 15) is 124 Å². The molecule has 0 aliphatic rings. The fraction of sp³-hybridized carbons (Fsp3) is 0. The van der Waals surface area contributed by atoms with Crippen molar-refractivity contribution in [1.29, 1.82) is 0 Å². The molecule has 0 rings (SSSR count). The van der Waals surface area contributed by atoms with Crippen LogP contribution in [0.1, 0.15) is 0 Å². The molecule has 0 radical (unpaired) electrons. The first-order chi connectivity index (χ1) is 30.7. The third-order valence-corrected chi connectivity index (χ3v) is 15.7. The van der Waals surface area contributed by atoms with Gasteiger partial charge < -0.3 is 215 Å². The van der Waals surface area contributed by atoms with Gasteiger partial charge in [-0.1, -0.05) is 0 Å². The molecule has 0 fully saturated rings. The average Bonchev–Trinajstić information content (AvgIpc) is 2.87. The van der Waals surface area contributed by atoms with Crippen LogP contribution in [0.5, 0.6) is 0 Å². The summed E-state index contributed by atoms with van der Waals surface area (Å²) >= 11 is 0. The summed E-state index contributed by atoms with van der Waals surface area (Å²) in [4.78, 5) is 223. The summed E-state index contributed by atoms with van der Waals surface area (Å²) in [6, 6.07) is 0. The number of hydrogen-bond donors (Lipinski definition) is 18. The number of rotatable bonds is 18. The van der Waals surface area contributed by atoms with Crippen molar-refractivity contribution in [2.24, 2.45) is 0 Å². The third kappa shape index (κ3) is 204. The normalized spacial score (nSPS) is 10.1. The van der Waals surface area contributed by atoms with E-state index in [1.54, 1.807) is 0 Å². The average molecular weight is 1650 g/mol. The largest absolute Gasteiger partial charge is 3.00 e. The van der Waals surface area contributed by atoms with Crippen molar-refractivity contribution in [2.75, 3.05) is 0 Å². The van der Waals surface area contributed by atoms with Crippen LogP contribution in [0, 0.1) is 0 Å². The van der Waals surface area contributed by atoms with Gasteiger partial charge in [0.25, 0.3) is 0 Å². The molecule has 0 amide bonds. The van der Waals surface area contributed by atoms with E-state index < -0.39 is 153 Å². The summed E-state index contributed by atoms with van der Waals surface area (Å²) in [5.41, 5.74) is 0. The molecule has 0 bridgehead atoms. The molecule has 0 aromatic rings. The molecule has 77 heteroatoms. The molecule has 440 valence electrons. The molecule has 20 N–H and O–H groups in total. The van der Waals surface area contributed by atoms with Crippen LogP contribution in [-0.2, 0) is 139 Å². The molecule has 0 heterocycles. The van der Waals surface area contributed by atoms with Gasteiger partial charge in [0.2, 0.25) is 0 Å². The Morgan fingerprint density at radius 3 is 0.273 bits per heavy atom. The van der Waals surface area contributed by atoms with Gasteiger partial charge in [-0.25, -0.2) is 41.1 Å². The molecular formula is H20AlCaO55P9Si9SrZn. The minimum atomic E-state index is -4.80. The van der Waals surface area contributed by atoms with Gasteiger partial charge in [0.1, 0.15) is 0 Å². The standard InChI is InChI=1S/Al.Ca.9H2O6PSi.H2O.Sr.Zn/c;;9*1-7(2,3)6-8(4)5;;;/h;;9*(H2,1,2,3);1H2;;/q+3;+2;9*-1;;2*+2. The molecule has 0 aromatic heterocycles. The van der Waals surface area contributed by atoms with Gasteiger partial charge in [-0.2, -0.15) is 0 Å². The molecule has 0 aliphatic carbocycles. The Morgan fingerprint density at radius 1 is 0.234 bits per heavy atom. The Kier molecular flexibility index (Phi) is 80.2. The van der Waals surface area contributed by atoms with Crippen LogP contribution in [0.15, 0.2) is 0 Å². The number of phosphoric acid groups is 9. The van der Waals surface area contributed by atoms with E-state index in [0.29, 0.717) is 0 Å². The van der Waals surface area contributed by atoms with Gasteiger partial charge in [0, 0.05) is 0 Å². The van der Waals surface area contributed by atoms with Crippen molar-refractivity contribution >= 4 is 254 Å². The molecule has 0 atom stereocenters. The van der Waals surface area contributed by atoms with Crippen LogP contribution >= 0.6 is 70.4 Å². The van der Waals surface area contributed by atoms with E-state index in [-0.39, 0.29) is 126 Å². The summed E-state index contributed by atoms with van der Waals surface area (Å²) in [6.07, 6.45) is 0. The van der Waals surface area contributed by atoms with E-state index >= 15 is 0 Å². The first-order valence-corrected chi connectivity index (χ1v) is 37.2. The van der Waals surface area contributed by atoms with Gasteiger partial charge >= 0.3 is 273 Å². The van der Waals surface area contributed by atoms with Crippen LogP contribution < -0.4 is 43.2 Å². The van der Waals surface area contributed by atoms with Crippen molar-refractivity contribution in [2.45, 2.75) is 0 Å². The van der Waals surface area contributed by atoms with Crippen LogP contribution in [0.3, 0.4) is 0 Å². The fourth-order valence-corrected chi connectivity index (χ4v) is 7.86. The summed E-state index contributed by atoms with van der Waals surface area (Å²) < 4.78 is 198. The fourth-order valence-electron chi connectivity index (χ4n) is 0.874. The molecule has 0 unspecified atom stereocenters. The van der Waals surface area contributed by atoms with Gasteiger partial charge in [-0.15, -0.1) is 0 Å². The van der Waals surface area contributed by atoms with Crippen molar-refractivity contribution in [3.05, 3.63) is 0 Å². The van der Waals surface area contributed by atoms with Crippen molar-refractivity contribution < 1.29 is 275 Å². The van der Waals surface area contributed by atoms with E-state index in [4.69, 9.17) is 88.1 Å². The van der Waals surface area contributed by atoms with Crippen LogP contribution in [0.25, 0.3) is 0 Å². The van der Waals surface area contributed by atoms with E-state index in [1.165, 1.54) is 0 Å². The zero-order chi connectivity index (χ0) is 61.1. The molecule has 0 saturated heterocycles. The topological polar surface area (TPSA) is 994 Å². The maximum atomic E-state index is 9.54. The first-order valence-electron chi connectivity index (χ1n) is 12.4. The molecule has 77 heavy (non-hydrogen) atoms. The summed E-state index contributed by atoms with van der Waals surface area (Å²) in [6.45, 7) is 0. The quantitative estimate of drug-likeness (QED) is 0.0448. The predicted octanol–water partition coefficient (Wildman–Crippen LogP) is -21.1. The second-order valence-corrected chi connectivity index (χ2v) is 27.4. The van der Waals surface area contributed by atoms with Gasteiger partial charge in [-0.05, 0) is 0 Å². The molecular weight excluding hydrogens is 1630 g/mol. The predicted molar refractivity (Wildman–Crippen MR) is 197 cm³/mol. The second-order valence-electron chi connectivity index (χ2n) is 7.49. The Morgan fingerprint density at radius 2 is 0.273 bits per heavy atom. The molecule has 55 nitrogen and oxygen atoms in total. The molecule has 0 aromatic carbocycles. The first kappa shape index (κ1) is 114. The Balaban J connectivity index is -0.0000000479. The third-order valence-electron chi connectivity index (χ3n) is 1.74. The van der Waals surface area contributed by atoms with Gasteiger partial charge in [0.05, 0.1) is 0 Å². The smallest absolute Gasteiger partial charge is 0.499 e. The molecule has 0 saturated carbocycles. The van der Waals surface area contributed by atoms with Gasteiger partial charge in [-0.3, -0.25) is 0 Å². The monoisotopic (exact) mass is 1650 g/mol. The minimum Gasteiger partial charge on any atom is -0.499 e. The van der Waals surface area contributed by atoms with Crippen LogP contribution in [-0.4, -0.2) is 277 Å². The minimum absolute atomic E-state index is 0. The van der Waals surface area contributed by atoms with E-state index in [1.807, 2.05) is 0 Å². The van der Waals surface area contributed by atoms with Crippen molar-refractivity contribution in [3.63, 3.8) is 0 Å². The Labute approximate surface area is 523 Å². The zero-order valence-corrected chi connectivity index (χ0v) is 61.3. The van der Waals surface area contributed by atoms with Gasteiger partial charge in [0.15, 0.2) is 0 Å². The van der Waals surface area contributed by atoms with E-state index in [0.717, 1.165) is 0 Å². The van der Waals surface area contributed by atoms with Crippen LogP contribution in [0.2, 0.25) is 0 Å². The zero-order valence-electron chi connectivity index (χ0n) is 34.5. The summed E-state index contributed by atoms with van der Waals surface area (Å²) in [7, 11) is -77.0. The SMILES string of the molecule is O.O=[Si]([O-])OP(=O)(O)O.O=[Si]([O-])OP(=O)(O)O.O=[Si]([O-])OP(=O)(O)O.O=[Si]([O-])OP(=O)(O)O.O=[Si]([O-])OP(=O)(O)O.O=[Si]([O-])OP(=O)(O)O.O=[Si]([O-])OP(=O)(O)O.O=[Si]([O-])OP(=O)(O)O.O=[Si]([O-])OP(=O)(O)O.[Al+3].[Ca+2].[Sr+2].[Zn+2]. The van der Waals surface area contributed by atoms with E-state index in [2.05, 4.69) is 37.9 Å². The molecule has 0 spiro atoms. The van der Waals surface area contributed by atoms with Crippen LogP contribution in [0.4, 0.5) is 0 Å². The number of hydrogen-bond acceptors (Lipinski definition) is 36.